The highest BCUT2D eigenvalue weighted by atomic mass is 16.5. The number of aromatic nitrogens is 1. The number of hydrogen-bond donors (Lipinski definition) is 2. The molecule has 0 amide bonds. The molecule has 7 nitrogen and oxygen atoms in total. The van der Waals surface area contributed by atoms with E-state index in [1.165, 1.54) is 61.0 Å². The lowest BCUT2D eigenvalue weighted by atomic mass is 9.91. The number of hydrogen-bond acceptors (Lipinski definition) is 5. The van der Waals surface area contributed by atoms with Gasteiger partial charge in [0.25, 0.3) is 0 Å². The number of carboxylic acids is 2. The lowest BCUT2D eigenvalue weighted by Crippen LogP contribution is -2.35. The van der Waals surface area contributed by atoms with Gasteiger partial charge in [-0.15, -0.1) is 0 Å². The quantitative estimate of drug-likeness (QED) is 0.437. The van der Waals surface area contributed by atoms with Crippen LogP contribution in [0.1, 0.15) is 41.6 Å². The van der Waals surface area contributed by atoms with Gasteiger partial charge in [0, 0.05) is 24.1 Å². The van der Waals surface area contributed by atoms with E-state index in [9.17, 15) is 9.59 Å². The minimum atomic E-state index is -1.26. The lowest BCUT2D eigenvalue weighted by molar-refractivity contribution is -0.134. The van der Waals surface area contributed by atoms with E-state index in [1.807, 2.05) is 0 Å². The first kappa shape index (κ1) is 26.2. The predicted molar refractivity (Wildman–Crippen MR) is 136 cm³/mol. The molecule has 1 saturated heterocycles. The minimum absolute atomic E-state index is 0.558. The molecule has 35 heavy (non-hydrogen) atoms. The molecule has 3 aromatic rings. The van der Waals surface area contributed by atoms with Crippen LogP contribution in [0.4, 0.5) is 0 Å². The molecule has 2 aromatic carbocycles. The van der Waals surface area contributed by atoms with E-state index in [2.05, 4.69) is 66.4 Å². The summed E-state index contributed by atoms with van der Waals surface area (Å²) in [5, 5.41) is 21.2. The third-order valence-corrected chi connectivity index (χ3v) is 6.59. The van der Waals surface area contributed by atoms with Gasteiger partial charge in [0.1, 0.15) is 0 Å². The molecule has 0 radical (unpaired) electrons. The van der Waals surface area contributed by atoms with Crippen molar-refractivity contribution in [3.05, 3.63) is 77.0 Å². The van der Waals surface area contributed by atoms with Gasteiger partial charge in [0.15, 0.2) is 5.58 Å². The number of piperidine rings is 1. The maximum atomic E-state index is 9.55. The molecule has 2 N–H and O–H groups in total. The zero-order valence-electron chi connectivity index (χ0n) is 20.4. The van der Waals surface area contributed by atoms with Crippen molar-refractivity contribution in [2.24, 2.45) is 5.92 Å². The molecule has 0 saturated carbocycles. The topological polar surface area (TPSA) is 104 Å². The molecule has 7 heteroatoms. The number of aryl methyl sites for hydroxylation is 3. The Morgan fingerprint density at radius 3 is 2.26 bits per heavy atom. The highest BCUT2D eigenvalue weighted by molar-refractivity contribution is 5.89. The van der Waals surface area contributed by atoms with Crippen LogP contribution >= 0.6 is 0 Å². The number of aliphatic carboxylic acids is 2. The fraction of sp³-hybridized carbons (Fsp3) is 0.393. The van der Waals surface area contributed by atoms with Gasteiger partial charge >= 0.3 is 11.9 Å². The first-order valence-electron chi connectivity index (χ1n) is 12.1. The van der Waals surface area contributed by atoms with E-state index in [-0.39, 0.29) is 0 Å². The summed E-state index contributed by atoms with van der Waals surface area (Å²) >= 11 is 0. The molecule has 0 spiro atoms. The van der Waals surface area contributed by atoms with Crippen LogP contribution in [0.3, 0.4) is 0 Å². The fourth-order valence-electron chi connectivity index (χ4n) is 4.34. The van der Waals surface area contributed by atoms with Crippen molar-refractivity contribution in [3.63, 3.8) is 0 Å². The third-order valence-electron chi connectivity index (χ3n) is 6.59. The molecule has 186 valence electrons. The summed E-state index contributed by atoms with van der Waals surface area (Å²) < 4.78 is 5.56. The summed E-state index contributed by atoms with van der Waals surface area (Å²) in [5.74, 6) is -1.70. The Balaban J connectivity index is 0.000000371. The predicted octanol–water partition coefficient (Wildman–Crippen LogP) is 5.04. The van der Waals surface area contributed by atoms with E-state index >= 15 is 0 Å². The van der Waals surface area contributed by atoms with Crippen molar-refractivity contribution >= 4 is 22.9 Å². The average molecular weight is 479 g/mol. The summed E-state index contributed by atoms with van der Waals surface area (Å²) in [6, 6.07) is 15.2. The lowest BCUT2D eigenvalue weighted by Gasteiger charge is -2.31. The number of likely N-dealkylation sites (tertiary alicyclic amines) is 1. The van der Waals surface area contributed by atoms with Crippen LogP contribution in [-0.4, -0.2) is 51.8 Å². The third kappa shape index (κ3) is 8.37. The maximum Gasteiger partial charge on any atom is 0.328 e. The van der Waals surface area contributed by atoms with Gasteiger partial charge in [-0.25, -0.2) is 9.59 Å². The first-order valence-corrected chi connectivity index (χ1v) is 12.1. The fourth-order valence-corrected chi connectivity index (χ4v) is 4.34. The molecule has 1 fully saturated rings. The second-order valence-electron chi connectivity index (χ2n) is 9.13. The molecule has 0 unspecified atom stereocenters. The maximum absolute atomic E-state index is 9.55. The van der Waals surface area contributed by atoms with E-state index in [1.54, 1.807) is 0 Å². The standard InChI is InChI=1S/C24H30N2O.C4H4O4/c1-18-16-22-23(25-27-24(22)17-19(18)2)9-8-21-11-14-26(15-12-21)13-10-20-6-4-3-5-7-20;5-3(6)1-2-4(7)8/h3-7,16-17,21H,8-15H2,1-2H3;1-2H,(H,5,6)(H,7,8)/b;2-1-. The Labute approximate surface area is 206 Å². The highest BCUT2D eigenvalue weighted by Crippen LogP contribution is 2.27. The molecule has 0 bridgehead atoms. The number of carbonyl (C=O) groups is 2. The number of carboxylic acid groups (broad SMARTS) is 2. The summed E-state index contributed by atoms with van der Waals surface area (Å²) in [5.41, 5.74) is 6.11. The molecule has 0 aliphatic carbocycles. The van der Waals surface area contributed by atoms with E-state index in [4.69, 9.17) is 14.7 Å². The van der Waals surface area contributed by atoms with Crippen LogP contribution in [0.2, 0.25) is 0 Å². The molecule has 1 aliphatic heterocycles. The average Bonchev–Trinajstić information content (AvgIpc) is 3.23. The Bertz CT molecular complexity index is 1130. The van der Waals surface area contributed by atoms with Crippen LogP contribution in [0.15, 0.2) is 59.1 Å². The number of benzene rings is 2. The van der Waals surface area contributed by atoms with Crippen LogP contribution < -0.4 is 0 Å². The minimum Gasteiger partial charge on any atom is -0.478 e. The normalized spacial score (nSPS) is 14.7. The van der Waals surface area contributed by atoms with E-state index in [0.29, 0.717) is 12.2 Å². The van der Waals surface area contributed by atoms with Gasteiger partial charge in [0.2, 0.25) is 0 Å². The Kier molecular flexibility index (Phi) is 9.61. The van der Waals surface area contributed by atoms with Crippen LogP contribution in [-0.2, 0) is 22.4 Å². The summed E-state index contributed by atoms with van der Waals surface area (Å²) in [6.45, 7) is 7.94. The molecule has 1 aromatic heterocycles. The second kappa shape index (κ2) is 12.9. The highest BCUT2D eigenvalue weighted by Gasteiger charge is 2.20. The van der Waals surface area contributed by atoms with E-state index < -0.39 is 11.9 Å². The van der Waals surface area contributed by atoms with Gasteiger partial charge in [-0.3, -0.25) is 0 Å². The number of nitrogens with zero attached hydrogens (tertiary/aromatic N) is 2. The van der Waals surface area contributed by atoms with Crippen molar-refractivity contribution in [2.45, 2.75) is 46.0 Å². The number of rotatable bonds is 8. The van der Waals surface area contributed by atoms with Gasteiger partial charge in [-0.1, -0.05) is 35.5 Å². The molecular formula is C28H34N2O5. The molecular weight excluding hydrogens is 444 g/mol. The molecule has 1 aliphatic rings. The van der Waals surface area contributed by atoms with Gasteiger partial charge in [-0.05, 0) is 93.8 Å². The van der Waals surface area contributed by atoms with Crippen molar-refractivity contribution in [3.8, 4) is 0 Å². The SMILES string of the molecule is Cc1cc2onc(CCC3CCN(CCc4ccccc4)CC3)c2cc1C.O=C(O)/C=C\C(=O)O. The number of fused-ring (bicyclic) bond motifs is 1. The molecule has 4 rings (SSSR count). The van der Waals surface area contributed by atoms with Crippen molar-refractivity contribution in [1.29, 1.82) is 0 Å². The monoisotopic (exact) mass is 478 g/mol. The van der Waals surface area contributed by atoms with Gasteiger partial charge < -0.3 is 19.6 Å². The largest absolute Gasteiger partial charge is 0.478 e. The smallest absolute Gasteiger partial charge is 0.328 e. The first-order chi connectivity index (χ1) is 16.8. The van der Waals surface area contributed by atoms with Crippen LogP contribution in [0.25, 0.3) is 11.0 Å². The Hall–Kier alpha value is -3.45. The zero-order valence-corrected chi connectivity index (χ0v) is 20.4. The van der Waals surface area contributed by atoms with Crippen molar-refractivity contribution < 1.29 is 24.3 Å². The Morgan fingerprint density at radius 1 is 1.00 bits per heavy atom. The molecule has 0 atom stereocenters. The van der Waals surface area contributed by atoms with Crippen LogP contribution in [0.5, 0.6) is 0 Å². The zero-order chi connectivity index (χ0) is 25.2. The van der Waals surface area contributed by atoms with E-state index in [0.717, 1.165) is 30.0 Å². The van der Waals surface area contributed by atoms with Crippen molar-refractivity contribution in [2.75, 3.05) is 19.6 Å². The van der Waals surface area contributed by atoms with Gasteiger partial charge in [0.05, 0.1) is 5.69 Å². The second-order valence-corrected chi connectivity index (χ2v) is 9.13. The Morgan fingerprint density at radius 2 is 1.63 bits per heavy atom. The summed E-state index contributed by atoms with van der Waals surface area (Å²) in [6.07, 6.45) is 7.15. The van der Waals surface area contributed by atoms with Crippen molar-refractivity contribution in [1.82, 2.24) is 10.1 Å². The summed E-state index contributed by atoms with van der Waals surface area (Å²) in [7, 11) is 0. The van der Waals surface area contributed by atoms with Crippen LogP contribution in [0, 0.1) is 19.8 Å². The van der Waals surface area contributed by atoms with Gasteiger partial charge in [-0.2, -0.15) is 0 Å². The summed E-state index contributed by atoms with van der Waals surface area (Å²) in [4.78, 5) is 21.7. The molecule has 2 heterocycles.